The minimum absolute atomic E-state index is 0.275. The van der Waals surface area contributed by atoms with Crippen molar-refractivity contribution in [3.8, 4) is 11.5 Å². The first-order valence-electron chi connectivity index (χ1n) is 7.14. The molecule has 1 aromatic carbocycles. The number of rotatable bonds is 8. The van der Waals surface area contributed by atoms with Crippen molar-refractivity contribution in [2.75, 3.05) is 20.3 Å². The summed E-state index contributed by atoms with van der Waals surface area (Å²) in [6.45, 7) is 5.91. The van der Waals surface area contributed by atoms with E-state index in [1.54, 1.807) is 32.0 Å². The number of nitrogens with one attached hydrogen (secondary N) is 1. The molecule has 0 aliphatic rings. The lowest BCUT2D eigenvalue weighted by molar-refractivity contribution is -0.147. The van der Waals surface area contributed by atoms with Gasteiger partial charge < -0.3 is 19.9 Å². The molecule has 122 valence electrons. The minimum Gasteiger partial charge on any atom is -0.493 e. The summed E-state index contributed by atoms with van der Waals surface area (Å²) in [6, 6.07) is 4.92. The van der Waals surface area contributed by atoms with Crippen LogP contribution in [0.2, 0.25) is 0 Å². The number of carbonyl (C=O) groups is 2. The van der Waals surface area contributed by atoms with Crippen molar-refractivity contribution in [1.29, 1.82) is 0 Å². The first-order valence-corrected chi connectivity index (χ1v) is 7.14. The standard InChI is InChI=1S/C16H23NO5/c1-5-22-12-7-6-11(10-13(12)21-4)14(18)17-9-8-16(2,3)15(19)20/h6-7,10H,5,8-9H2,1-4H3,(H,17,18)(H,19,20). The van der Waals surface area contributed by atoms with Gasteiger partial charge in [-0.1, -0.05) is 0 Å². The molecule has 6 nitrogen and oxygen atoms in total. The van der Waals surface area contributed by atoms with Crippen LogP contribution in [0, 0.1) is 5.41 Å². The number of aliphatic carboxylic acids is 1. The quantitative estimate of drug-likeness (QED) is 0.770. The molecule has 0 bridgehead atoms. The van der Waals surface area contributed by atoms with E-state index >= 15 is 0 Å². The van der Waals surface area contributed by atoms with E-state index in [0.717, 1.165) is 0 Å². The fourth-order valence-corrected chi connectivity index (χ4v) is 1.78. The maximum atomic E-state index is 12.1. The number of methoxy groups -OCH3 is 1. The van der Waals surface area contributed by atoms with E-state index in [4.69, 9.17) is 14.6 Å². The Morgan fingerprint density at radius 3 is 2.50 bits per heavy atom. The topological polar surface area (TPSA) is 84.9 Å². The molecule has 0 fully saturated rings. The van der Waals surface area contributed by atoms with Crippen LogP contribution < -0.4 is 14.8 Å². The molecular formula is C16H23NO5. The molecule has 0 heterocycles. The van der Waals surface area contributed by atoms with Crippen LogP contribution in [0.1, 0.15) is 37.6 Å². The second-order valence-electron chi connectivity index (χ2n) is 5.49. The Kier molecular flexibility index (Phi) is 6.22. The van der Waals surface area contributed by atoms with Gasteiger partial charge in [-0.25, -0.2) is 0 Å². The van der Waals surface area contributed by atoms with Crippen LogP contribution in [-0.4, -0.2) is 37.2 Å². The molecule has 1 amide bonds. The molecule has 0 radical (unpaired) electrons. The third-order valence-corrected chi connectivity index (χ3v) is 3.34. The highest BCUT2D eigenvalue weighted by atomic mass is 16.5. The lowest BCUT2D eigenvalue weighted by atomic mass is 9.90. The number of ether oxygens (including phenoxy) is 2. The monoisotopic (exact) mass is 309 g/mol. The summed E-state index contributed by atoms with van der Waals surface area (Å²) >= 11 is 0. The van der Waals surface area contributed by atoms with Crippen molar-refractivity contribution in [2.45, 2.75) is 27.2 Å². The van der Waals surface area contributed by atoms with E-state index in [9.17, 15) is 9.59 Å². The molecule has 1 rings (SSSR count). The van der Waals surface area contributed by atoms with Crippen molar-refractivity contribution in [2.24, 2.45) is 5.41 Å². The summed E-state index contributed by atoms with van der Waals surface area (Å²) in [7, 11) is 1.51. The van der Waals surface area contributed by atoms with Gasteiger partial charge in [0.15, 0.2) is 11.5 Å². The van der Waals surface area contributed by atoms with Gasteiger partial charge in [0.1, 0.15) is 0 Å². The van der Waals surface area contributed by atoms with Gasteiger partial charge in [0.05, 0.1) is 19.1 Å². The molecule has 0 saturated heterocycles. The second kappa shape index (κ2) is 7.68. The summed E-state index contributed by atoms with van der Waals surface area (Å²) in [6.07, 6.45) is 0.349. The van der Waals surface area contributed by atoms with Crippen molar-refractivity contribution in [3.05, 3.63) is 23.8 Å². The highest BCUT2D eigenvalue weighted by Crippen LogP contribution is 2.28. The zero-order valence-electron chi connectivity index (χ0n) is 13.4. The molecule has 0 spiro atoms. The van der Waals surface area contributed by atoms with E-state index in [2.05, 4.69) is 5.32 Å². The molecule has 1 aromatic rings. The lowest BCUT2D eigenvalue weighted by Crippen LogP contribution is -2.31. The fraction of sp³-hybridized carbons (Fsp3) is 0.500. The van der Waals surface area contributed by atoms with Crippen molar-refractivity contribution in [1.82, 2.24) is 5.32 Å². The Bertz CT molecular complexity index is 539. The van der Waals surface area contributed by atoms with E-state index < -0.39 is 11.4 Å². The first kappa shape index (κ1) is 17.8. The zero-order valence-corrected chi connectivity index (χ0v) is 13.4. The van der Waals surface area contributed by atoms with Crippen LogP contribution in [-0.2, 0) is 4.79 Å². The third-order valence-electron chi connectivity index (χ3n) is 3.34. The van der Waals surface area contributed by atoms with Crippen LogP contribution in [0.5, 0.6) is 11.5 Å². The molecule has 0 unspecified atom stereocenters. The molecule has 6 heteroatoms. The summed E-state index contributed by atoms with van der Waals surface area (Å²) < 4.78 is 10.6. The molecule has 0 saturated carbocycles. The van der Waals surface area contributed by atoms with Crippen LogP contribution in [0.15, 0.2) is 18.2 Å². The summed E-state index contributed by atoms with van der Waals surface area (Å²) in [5.41, 5.74) is -0.433. The number of carboxylic acid groups (broad SMARTS) is 1. The van der Waals surface area contributed by atoms with Crippen LogP contribution in [0.4, 0.5) is 0 Å². The average Bonchev–Trinajstić information content (AvgIpc) is 2.47. The van der Waals surface area contributed by atoms with Gasteiger partial charge in [-0.2, -0.15) is 0 Å². The highest BCUT2D eigenvalue weighted by Gasteiger charge is 2.26. The SMILES string of the molecule is CCOc1ccc(C(=O)NCCC(C)(C)C(=O)O)cc1OC. The van der Waals surface area contributed by atoms with E-state index in [1.165, 1.54) is 7.11 Å². The Hall–Kier alpha value is -2.24. The van der Waals surface area contributed by atoms with Crippen molar-refractivity contribution >= 4 is 11.9 Å². The first-order chi connectivity index (χ1) is 10.3. The van der Waals surface area contributed by atoms with E-state index in [-0.39, 0.29) is 12.5 Å². The Labute approximate surface area is 130 Å². The predicted octanol–water partition coefficient (Wildman–Crippen LogP) is 2.32. The third kappa shape index (κ3) is 4.65. The lowest BCUT2D eigenvalue weighted by Gasteiger charge is -2.19. The van der Waals surface area contributed by atoms with Gasteiger partial charge in [0.2, 0.25) is 0 Å². The minimum atomic E-state index is -0.885. The zero-order chi connectivity index (χ0) is 16.8. The summed E-state index contributed by atoms with van der Waals surface area (Å²) in [5, 5.41) is 11.7. The van der Waals surface area contributed by atoms with Gasteiger partial charge >= 0.3 is 5.97 Å². The predicted molar refractivity (Wildman–Crippen MR) is 82.5 cm³/mol. The van der Waals surface area contributed by atoms with Crippen LogP contribution in [0.25, 0.3) is 0 Å². The largest absolute Gasteiger partial charge is 0.493 e. The van der Waals surface area contributed by atoms with Crippen LogP contribution in [0.3, 0.4) is 0 Å². The fourth-order valence-electron chi connectivity index (χ4n) is 1.78. The summed E-state index contributed by atoms with van der Waals surface area (Å²) in [5.74, 6) is -0.0963. The normalized spacial score (nSPS) is 10.9. The maximum absolute atomic E-state index is 12.1. The van der Waals surface area contributed by atoms with Gasteiger partial charge in [-0.05, 0) is 45.4 Å². The number of hydrogen-bond donors (Lipinski definition) is 2. The Morgan fingerprint density at radius 2 is 1.95 bits per heavy atom. The molecule has 0 aliphatic heterocycles. The van der Waals surface area contributed by atoms with E-state index in [0.29, 0.717) is 30.1 Å². The number of benzene rings is 1. The van der Waals surface area contributed by atoms with Crippen LogP contribution >= 0.6 is 0 Å². The maximum Gasteiger partial charge on any atom is 0.309 e. The Balaban J connectivity index is 2.68. The van der Waals surface area contributed by atoms with Crippen molar-refractivity contribution in [3.63, 3.8) is 0 Å². The molecule has 2 N–H and O–H groups in total. The molecular weight excluding hydrogens is 286 g/mol. The second-order valence-corrected chi connectivity index (χ2v) is 5.49. The average molecular weight is 309 g/mol. The molecule has 22 heavy (non-hydrogen) atoms. The van der Waals surface area contributed by atoms with Gasteiger partial charge in [-0.3, -0.25) is 9.59 Å². The molecule has 0 aliphatic carbocycles. The number of carboxylic acids is 1. The van der Waals surface area contributed by atoms with E-state index in [1.807, 2.05) is 6.92 Å². The highest BCUT2D eigenvalue weighted by molar-refractivity contribution is 5.94. The number of hydrogen-bond acceptors (Lipinski definition) is 4. The van der Waals surface area contributed by atoms with Gasteiger partial charge in [0, 0.05) is 12.1 Å². The molecule has 0 aromatic heterocycles. The number of carbonyl (C=O) groups excluding carboxylic acids is 1. The number of amides is 1. The summed E-state index contributed by atoms with van der Waals surface area (Å²) in [4.78, 5) is 23.1. The smallest absolute Gasteiger partial charge is 0.309 e. The van der Waals surface area contributed by atoms with Crippen molar-refractivity contribution < 1.29 is 24.2 Å². The Morgan fingerprint density at radius 1 is 1.27 bits per heavy atom. The molecule has 0 atom stereocenters. The van der Waals surface area contributed by atoms with Gasteiger partial charge in [0.25, 0.3) is 5.91 Å². The van der Waals surface area contributed by atoms with Gasteiger partial charge in [-0.15, -0.1) is 0 Å².